The summed E-state index contributed by atoms with van der Waals surface area (Å²) in [6.07, 6.45) is 12.7. The van der Waals surface area contributed by atoms with E-state index in [0.29, 0.717) is 10.8 Å². The molecular formula is C17H34N2. The molecule has 0 radical (unpaired) electrons. The highest BCUT2D eigenvalue weighted by atomic mass is 14.9. The molecule has 2 aliphatic rings. The van der Waals surface area contributed by atoms with Crippen LogP contribution in [0.15, 0.2) is 0 Å². The van der Waals surface area contributed by atoms with Crippen molar-refractivity contribution in [2.45, 2.75) is 71.6 Å². The minimum Gasteiger partial charge on any atom is -0.316 e. The van der Waals surface area contributed by atoms with Crippen molar-refractivity contribution >= 4 is 0 Å². The van der Waals surface area contributed by atoms with Gasteiger partial charge in [-0.1, -0.05) is 39.5 Å². The SMILES string of the molecule is CCCC1(CNCC2(C)CCCCC2)CCCNC1. The van der Waals surface area contributed by atoms with Gasteiger partial charge in [0.05, 0.1) is 0 Å². The number of rotatable bonds is 6. The molecule has 1 aliphatic heterocycles. The predicted molar refractivity (Wildman–Crippen MR) is 83.5 cm³/mol. The molecule has 1 aliphatic carbocycles. The number of nitrogens with one attached hydrogen (secondary N) is 2. The summed E-state index contributed by atoms with van der Waals surface area (Å²) in [6, 6.07) is 0. The van der Waals surface area contributed by atoms with E-state index in [2.05, 4.69) is 24.5 Å². The molecule has 0 aromatic rings. The minimum absolute atomic E-state index is 0.540. The number of piperidine rings is 1. The van der Waals surface area contributed by atoms with Crippen molar-refractivity contribution in [3.05, 3.63) is 0 Å². The Kier molecular flexibility index (Phi) is 5.70. The Morgan fingerprint density at radius 1 is 1.00 bits per heavy atom. The van der Waals surface area contributed by atoms with E-state index in [0.717, 1.165) is 0 Å². The molecule has 112 valence electrons. The monoisotopic (exact) mass is 266 g/mol. The van der Waals surface area contributed by atoms with Crippen LogP contribution in [0.4, 0.5) is 0 Å². The Hall–Kier alpha value is -0.0800. The van der Waals surface area contributed by atoms with Crippen LogP contribution in [0.2, 0.25) is 0 Å². The van der Waals surface area contributed by atoms with Crippen LogP contribution in [0.5, 0.6) is 0 Å². The number of hydrogen-bond donors (Lipinski definition) is 2. The molecule has 0 amide bonds. The molecule has 2 N–H and O–H groups in total. The summed E-state index contributed by atoms with van der Waals surface area (Å²) >= 11 is 0. The second-order valence-electron chi connectivity index (χ2n) is 7.51. The Balaban J connectivity index is 1.78. The lowest BCUT2D eigenvalue weighted by Crippen LogP contribution is -2.48. The van der Waals surface area contributed by atoms with Gasteiger partial charge in [-0.25, -0.2) is 0 Å². The van der Waals surface area contributed by atoms with Crippen LogP contribution in [0.3, 0.4) is 0 Å². The van der Waals surface area contributed by atoms with Gasteiger partial charge in [0, 0.05) is 19.6 Å². The lowest BCUT2D eigenvalue weighted by molar-refractivity contribution is 0.156. The zero-order valence-corrected chi connectivity index (χ0v) is 13.2. The summed E-state index contributed by atoms with van der Waals surface area (Å²) in [5.41, 5.74) is 1.12. The van der Waals surface area contributed by atoms with Gasteiger partial charge < -0.3 is 10.6 Å². The largest absolute Gasteiger partial charge is 0.316 e. The normalized spacial score (nSPS) is 31.3. The summed E-state index contributed by atoms with van der Waals surface area (Å²) < 4.78 is 0. The van der Waals surface area contributed by atoms with Crippen molar-refractivity contribution in [3.63, 3.8) is 0 Å². The molecule has 2 heteroatoms. The van der Waals surface area contributed by atoms with E-state index < -0.39 is 0 Å². The van der Waals surface area contributed by atoms with Gasteiger partial charge in [-0.05, 0) is 49.5 Å². The van der Waals surface area contributed by atoms with Gasteiger partial charge >= 0.3 is 0 Å². The van der Waals surface area contributed by atoms with E-state index in [-0.39, 0.29) is 0 Å². The van der Waals surface area contributed by atoms with Gasteiger partial charge in [-0.15, -0.1) is 0 Å². The molecule has 0 spiro atoms. The molecule has 1 saturated carbocycles. The van der Waals surface area contributed by atoms with Crippen molar-refractivity contribution < 1.29 is 0 Å². The smallest absolute Gasteiger partial charge is 0.00202 e. The first-order chi connectivity index (χ1) is 9.18. The van der Waals surface area contributed by atoms with Crippen LogP contribution in [0, 0.1) is 10.8 Å². The minimum atomic E-state index is 0.540. The maximum absolute atomic E-state index is 3.85. The fraction of sp³-hybridized carbons (Fsp3) is 1.00. The summed E-state index contributed by atoms with van der Waals surface area (Å²) in [7, 11) is 0. The van der Waals surface area contributed by atoms with Crippen molar-refractivity contribution in [2.24, 2.45) is 10.8 Å². The van der Waals surface area contributed by atoms with E-state index in [1.807, 2.05) is 0 Å². The topological polar surface area (TPSA) is 24.1 Å². The second kappa shape index (κ2) is 7.08. The van der Waals surface area contributed by atoms with Crippen LogP contribution >= 0.6 is 0 Å². The van der Waals surface area contributed by atoms with Crippen molar-refractivity contribution in [1.29, 1.82) is 0 Å². The molecule has 1 heterocycles. The predicted octanol–water partition coefficient (Wildman–Crippen LogP) is 3.72. The molecule has 0 aromatic carbocycles. The molecule has 1 saturated heterocycles. The second-order valence-corrected chi connectivity index (χ2v) is 7.51. The molecule has 1 atom stereocenters. The zero-order chi connectivity index (χ0) is 13.6. The van der Waals surface area contributed by atoms with Crippen molar-refractivity contribution in [1.82, 2.24) is 10.6 Å². The van der Waals surface area contributed by atoms with Gasteiger partial charge in [0.1, 0.15) is 0 Å². The Labute approximate surface area is 120 Å². The first-order valence-electron chi connectivity index (χ1n) is 8.60. The third-order valence-corrected chi connectivity index (χ3v) is 5.45. The van der Waals surface area contributed by atoms with Crippen LogP contribution in [-0.4, -0.2) is 26.2 Å². The number of hydrogen-bond acceptors (Lipinski definition) is 2. The highest BCUT2D eigenvalue weighted by molar-refractivity contribution is 4.89. The van der Waals surface area contributed by atoms with Crippen LogP contribution < -0.4 is 10.6 Å². The van der Waals surface area contributed by atoms with Gasteiger partial charge in [-0.2, -0.15) is 0 Å². The lowest BCUT2D eigenvalue weighted by Gasteiger charge is -2.40. The van der Waals surface area contributed by atoms with Crippen molar-refractivity contribution in [2.75, 3.05) is 26.2 Å². The first-order valence-corrected chi connectivity index (χ1v) is 8.60. The summed E-state index contributed by atoms with van der Waals surface area (Å²) in [5, 5.41) is 7.47. The van der Waals surface area contributed by atoms with E-state index in [4.69, 9.17) is 0 Å². The first kappa shape index (κ1) is 15.3. The van der Waals surface area contributed by atoms with E-state index in [1.165, 1.54) is 84.0 Å². The van der Waals surface area contributed by atoms with Crippen molar-refractivity contribution in [3.8, 4) is 0 Å². The average molecular weight is 266 g/mol. The molecule has 0 aromatic heterocycles. The molecule has 1 unspecified atom stereocenters. The highest BCUT2D eigenvalue weighted by Gasteiger charge is 2.32. The zero-order valence-electron chi connectivity index (χ0n) is 13.2. The third kappa shape index (κ3) is 4.46. The quantitative estimate of drug-likeness (QED) is 0.766. The van der Waals surface area contributed by atoms with E-state index >= 15 is 0 Å². The molecule has 2 rings (SSSR count). The summed E-state index contributed by atoms with van der Waals surface area (Å²) in [4.78, 5) is 0. The van der Waals surface area contributed by atoms with Gasteiger partial charge in [0.25, 0.3) is 0 Å². The standard InChI is InChI=1S/C17H34N2/c1-3-8-17(11-7-12-18-14-17)15-19-13-16(2)9-5-4-6-10-16/h18-19H,3-15H2,1-2H3. The lowest BCUT2D eigenvalue weighted by atomic mass is 9.74. The van der Waals surface area contributed by atoms with Crippen LogP contribution in [0.25, 0.3) is 0 Å². The maximum atomic E-state index is 3.85. The Morgan fingerprint density at radius 2 is 1.79 bits per heavy atom. The average Bonchev–Trinajstić information content (AvgIpc) is 2.40. The summed E-state index contributed by atoms with van der Waals surface area (Å²) in [5.74, 6) is 0. The van der Waals surface area contributed by atoms with Gasteiger partial charge in [0.15, 0.2) is 0 Å². The highest BCUT2D eigenvalue weighted by Crippen LogP contribution is 2.36. The van der Waals surface area contributed by atoms with Crippen LogP contribution in [-0.2, 0) is 0 Å². The van der Waals surface area contributed by atoms with E-state index in [9.17, 15) is 0 Å². The Bertz CT molecular complexity index is 244. The van der Waals surface area contributed by atoms with E-state index in [1.54, 1.807) is 0 Å². The molecule has 0 bridgehead atoms. The van der Waals surface area contributed by atoms with Crippen LogP contribution in [0.1, 0.15) is 71.6 Å². The molecule has 2 fully saturated rings. The fourth-order valence-electron chi connectivity index (χ4n) is 4.22. The Morgan fingerprint density at radius 3 is 2.42 bits per heavy atom. The summed E-state index contributed by atoms with van der Waals surface area (Å²) in [6.45, 7) is 9.74. The molecule has 19 heavy (non-hydrogen) atoms. The van der Waals surface area contributed by atoms with Gasteiger partial charge in [0.2, 0.25) is 0 Å². The molecular weight excluding hydrogens is 232 g/mol. The third-order valence-electron chi connectivity index (χ3n) is 5.45. The fourth-order valence-corrected chi connectivity index (χ4v) is 4.22. The van der Waals surface area contributed by atoms with Gasteiger partial charge in [-0.3, -0.25) is 0 Å². The molecule has 2 nitrogen and oxygen atoms in total. The maximum Gasteiger partial charge on any atom is 0.00202 e.